The Labute approximate surface area is 242 Å². The van der Waals surface area contributed by atoms with Crippen LogP contribution in [0.1, 0.15) is 54.2 Å². The average Bonchev–Trinajstić information content (AvgIpc) is 3.08. The minimum atomic E-state index is -3.28. The van der Waals surface area contributed by atoms with Crippen LogP contribution in [0.25, 0.3) is 0 Å². The van der Waals surface area contributed by atoms with Gasteiger partial charge in [0.25, 0.3) is 6.64 Å². The first-order chi connectivity index (χ1) is 17.4. The van der Waals surface area contributed by atoms with Gasteiger partial charge in [-0.2, -0.15) is 4.98 Å². The number of ether oxygens (including phenoxy) is 2. The predicted molar refractivity (Wildman–Crippen MR) is 153 cm³/mol. The van der Waals surface area contributed by atoms with Gasteiger partial charge in [-0.1, -0.05) is 55.7 Å². The highest BCUT2D eigenvalue weighted by molar-refractivity contribution is 8.13. The molecule has 0 saturated carbocycles. The summed E-state index contributed by atoms with van der Waals surface area (Å²) in [5.74, 6) is -0.131. The highest BCUT2D eigenvalue weighted by Crippen LogP contribution is 2.49. The highest BCUT2D eigenvalue weighted by Gasteiger charge is 2.48. The molecule has 0 spiro atoms. The summed E-state index contributed by atoms with van der Waals surface area (Å²) in [6, 6.07) is 0.597. The number of halogens is 2. The molecule has 11 nitrogen and oxygen atoms in total. The number of nitrogens with one attached hydrogen (secondary N) is 1. The standard InChI is InChI=1S/C22H35Cl2N4O7PS2/c1-13(2)34-17(29)14(3)27-36(37,32-9-10-38-19(30)21(4,5)6)33-12-15-11-22(23,24)18(35-15)28-8-7-16(25)26-20(28)31/h7-8,13-15,18H,9-12H2,1-6H3,(H,27,37)(H2,25,26,31). The average molecular weight is 634 g/mol. The van der Waals surface area contributed by atoms with Gasteiger partial charge in [-0.3, -0.25) is 14.2 Å². The Morgan fingerprint density at radius 3 is 2.61 bits per heavy atom. The number of carbonyl (C=O) groups is 2. The van der Waals surface area contributed by atoms with Crippen molar-refractivity contribution in [1.29, 1.82) is 0 Å². The van der Waals surface area contributed by atoms with Gasteiger partial charge in [0, 0.05) is 23.8 Å². The predicted octanol–water partition coefficient (Wildman–Crippen LogP) is 3.78. The van der Waals surface area contributed by atoms with Gasteiger partial charge in [0.2, 0.25) is 0 Å². The van der Waals surface area contributed by atoms with Gasteiger partial charge in [0.05, 0.1) is 25.4 Å². The fraction of sp³-hybridized carbons (Fsp3) is 0.727. The van der Waals surface area contributed by atoms with E-state index in [2.05, 4.69) is 10.1 Å². The van der Waals surface area contributed by atoms with Crippen molar-refractivity contribution in [3.63, 3.8) is 0 Å². The van der Waals surface area contributed by atoms with Gasteiger partial charge in [0.15, 0.2) is 15.7 Å². The van der Waals surface area contributed by atoms with Crippen LogP contribution < -0.4 is 16.5 Å². The van der Waals surface area contributed by atoms with Crippen LogP contribution in [0.5, 0.6) is 0 Å². The van der Waals surface area contributed by atoms with Crippen LogP contribution in [0, 0.1) is 5.41 Å². The van der Waals surface area contributed by atoms with E-state index in [0.717, 1.165) is 16.3 Å². The molecule has 1 aromatic rings. The van der Waals surface area contributed by atoms with Gasteiger partial charge in [-0.05, 0) is 38.6 Å². The number of nitrogens with two attached hydrogens (primary N) is 1. The molecule has 16 heteroatoms. The van der Waals surface area contributed by atoms with E-state index in [1.165, 1.54) is 12.3 Å². The van der Waals surface area contributed by atoms with E-state index >= 15 is 0 Å². The number of rotatable bonds is 12. The molecule has 3 N–H and O–H groups in total. The molecule has 2 rings (SSSR count). The van der Waals surface area contributed by atoms with Crippen molar-refractivity contribution in [2.45, 2.75) is 76.8 Å². The summed E-state index contributed by atoms with van der Waals surface area (Å²) in [7, 11) is 0. The second-order valence-corrected chi connectivity index (χ2v) is 15.8. The molecule has 1 aromatic heterocycles. The van der Waals surface area contributed by atoms with Crippen LogP contribution in [0.2, 0.25) is 0 Å². The number of nitrogens with zero attached hydrogens (tertiary/aromatic N) is 2. The molecule has 216 valence electrons. The Bertz CT molecular complexity index is 1100. The number of nitrogen functional groups attached to an aromatic ring is 1. The summed E-state index contributed by atoms with van der Waals surface area (Å²) in [5, 5.41) is 2.94. The molecule has 38 heavy (non-hydrogen) atoms. The summed E-state index contributed by atoms with van der Waals surface area (Å²) in [4.78, 5) is 40.6. The topological polar surface area (TPSA) is 144 Å². The van der Waals surface area contributed by atoms with E-state index in [-0.39, 0.29) is 36.7 Å². The zero-order valence-corrected chi connectivity index (χ0v) is 26.2. The number of aromatic nitrogens is 2. The summed E-state index contributed by atoms with van der Waals surface area (Å²) in [6.45, 7) is 7.26. The van der Waals surface area contributed by atoms with Crippen LogP contribution >= 0.6 is 41.6 Å². The molecule has 0 aromatic carbocycles. The monoisotopic (exact) mass is 632 g/mol. The Balaban J connectivity index is 2.10. The summed E-state index contributed by atoms with van der Waals surface area (Å²) < 4.78 is 22.7. The third kappa shape index (κ3) is 10.0. The van der Waals surface area contributed by atoms with Crippen LogP contribution in [0.3, 0.4) is 0 Å². The maximum atomic E-state index is 12.4. The maximum absolute atomic E-state index is 12.4. The smallest absolute Gasteiger partial charge is 0.351 e. The van der Waals surface area contributed by atoms with E-state index in [1.807, 2.05) is 20.8 Å². The SMILES string of the molecule is CC(C)OC(=O)C(C)NP(=S)(OCCSC(=O)C(C)(C)C)OCC1CC(Cl)(Cl)C(n2ccc(N)nc2=O)O1. The Morgan fingerprint density at radius 2 is 2.03 bits per heavy atom. The number of esters is 1. The molecule has 0 aliphatic carbocycles. The highest BCUT2D eigenvalue weighted by atomic mass is 35.5. The molecule has 2 heterocycles. The van der Waals surface area contributed by atoms with Gasteiger partial charge in [-0.25, -0.2) is 9.88 Å². The van der Waals surface area contributed by atoms with Crippen molar-refractivity contribution in [2.24, 2.45) is 5.41 Å². The first-order valence-electron chi connectivity index (χ1n) is 11.9. The largest absolute Gasteiger partial charge is 0.462 e. The van der Waals surface area contributed by atoms with Gasteiger partial charge in [0.1, 0.15) is 11.9 Å². The number of carbonyl (C=O) groups excluding carboxylic acids is 2. The van der Waals surface area contributed by atoms with Gasteiger partial charge in [-0.15, -0.1) is 0 Å². The van der Waals surface area contributed by atoms with Crippen molar-refractivity contribution in [3.05, 3.63) is 22.7 Å². The van der Waals surface area contributed by atoms with Crippen molar-refractivity contribution >= 4 is 70.3 Å². The lowest BCUT2D eigenvalue weighted by Gasteiger charge is -2.27. The van der Waals surface area contributed by atoms with E-state index in [9.17, 15) is 14.4 Å². The molecule has 0 bridgehead atoms. The lowest BCUT2D eigenvalue weighted by molar-refractivity contribution is -0.149. The van der Waals surface area contributed by atoms with Crippen molar-refractivity contribution in [3.8, 4) is 0 Å². The minimum Gasteiger partial charge on any atom is -0.462 e. The molecular weight excluding hydrogens is 598 g/mol. The lowest BCUT2D eigenvalue weighted by atomic mass is 10.00. The molecule has 1 fully saturated rings. The number of alkyl halides is 2. The molecule has 4 atom stereocenters. The molecule has 1 saturated heterocycles. The van der Waals surface area contributed by atoms with Crippen molar-refractivity contribution in [2.75, 3.05) is 24.7 Å². The van der Waals surface area contributed by atoms with E-state index in [1.54, 1.807) is 20.8 Å². The molecule has 1 aliphatic rings. The second kappa shape index (κ2) is 13.7. The van der Waals surface area contributed by atoms with Crippen molar-refractivity contribution < 1.29 is 28.1 Å². The van der Waals surface area contributed by atoms with Crippen LogP contribution in [-0.4, -0.2) is 62.2 Å². The maximum Gasteiger partial charge on any atom is 0.351 e. The Morgan fingerprint density at radius 1 is 1.37 bits per heavy atom. The number of hydrogen-bond acceptors (Lipinski definition) is 11. The number of hydrogen-bond donors (Lipinski definition) is 2. The second-order valence-electron chi connectivity index (χ2n) is 9.97. The Hall–Kier alpha value is -0.760. The molecule has 0 radical (unpaired) electrons. The zero-order chi connectivity index (χ0) is 28.9. The quantitative estimate of drug-likeness (QED) is 0.150. The first kappa shape index (κ1) is 33.4. The fourth-order valence-electron chi connectivity index (χ4n) is 3.13. The molecule has 4 unspecified atom stereocenters. The van der Waals surface area contributed by atoms with E-state index in [4.69, 9.17) is 59.3 Å². The molecule has 1 aliphatic heterocycles. The van der Waals surface area contributed by atoms with E-state index in [0.29, 0.717) is 5.75 Å². The van der Waals surface area contributed by atoms with Crippen LogP contribution in [0.4, 0.5) is 5.82 Å². The third-order valence-corrected chi connectivity index (χ3v) is 9.56. The summed E-state index contributed by atoms with van der Waals surface area (Å²) in [5.41, 5.74) is 4.39. The van der Waals surface area contributed by atoms with E-state index < -0.39 is 46.4 Å². The zero-order valence-electron chi connectivity index (χ0n) is 22.1. The lowest BCUT2D eigenvalue weighted by Crippen LogP contribution is -2.36. The Kier molecular flexibility index (Phi) is 12.1. The van der Waals surface area contributed by atoms with Crippen LogP contribution in [-0.2, 0) is 39.9 Å². The normalized spacial score (nSPS) is 21.7. The summed E-state index contributed by atoms with van der Waals surface area (Å²) >= 11 is 19.7. The molecule has 0 amide bonds. The number of thioether (sulfide) groups is 1. The fourth-order valence-corrected chi connectivity index (χ4v) is 7.08. The third-order valence-electron chi connectivity index (χ3n) is 4.96. The first-order valence-corrected chi connectivity index (χ1v) is 16.2. The summed E-state index contributed by atoms with van der Waals surface area (Å²) in [6.07, 6.45) is -0.533. The van der Waals surface area contributed by atoms with Crippen molar-refractivity contribution in [1.82, 2.24) is 14.6 Å². The van der Waals surface area contributed by atoms with Gasteiger partial charge < -0.3 is 24.3 Å². The number of anilines is 1. The molecular formula is C22H35Cl2N4O7PS2. The minimum absolute atomic E-state index is 0.00974. The van der Waals surface area contributed by atoms with Crippen LogP contribution in [0.15, 0.2) is 17.1 Å². The van der Waals surface area contributed by atoms with Gasteiger partial charge >= 0.3 is 11.7 Å².